The number of pyridine rings is 1. The quantitative estimate of drug-likeness (QED) is 0.660. The maximum absolute atomic E-state index is 12.7. The number of amides is 1. The molecule has 146 valence electrons. The van der Waals surface area contributed by atoms with E-state index >= 15 is 0 Å². The zero-order valence-electron chi connectivity index (χ0n) is 16.2. The van der Waals surface area contributed by atoms with Crippen LogP contribution in [0.3, 0.4) is 0 Å². The zero-order valence-corrected chi connectivity index (χ0v) is 16.2. The van der Waals surface area contributed by atoms with Crippen molar-refractivity contribution in [3.05, 3.63) is 66.3 Å². The van der Waals surface area contributed by atoms with Crippen molar-refractivity contribution in [1.82, 2.24) is 29.2 Å². The summed E-state index contributed by atoms with van der Waals surface area (Å²) in [5, 5.41) is 4.17. The number of imidazole rings is 1. The summed E-state index contributed by atoms with van der Waals surface area (Å²) >= 11 is 0. The first-order valence-electron chi connectivity index (χ1n) is 9.85. The van der Waals surface area contributed by atoms with Crippen molar-refractivity contribution < 1.29 is 4.79 Å². The number of aromatic nitrogens is 5. The molecule has 3 aromatic rings. The highest BCUT2D eigenvalue weighted by Crippen LogP contribution is 2.26. The maximum atomic E-state index is 12.7. The molecular formula is C21H26N6O. The van der Waals surface area contributed by atoms with Crippen LogP contribution in [0.15, 0.2) is 49.2 Å². The number of aryl methyl sites for hydroxylation is 2. The van der Waals surface area contributed by atoms with Gasteiger partial charge in [-0.15, -0.1) is 0 Å². The SMILES string of the molecule is Cn1cc(CCC(=O)N2CCC[C@H](c3nccn3Cc3ccccn3)C2)cn1. The molecule has 4 rings (SSSR count). The Kier molecular flexibility index (Phi) is 5.50. The van der Waals surface area contributed by atoms with E-state index in [1.165, 1.54) is 0 Å². The van der Waals surface area contributed by atoms with Gasteiger partial charge in [-0.2, -0.15) is 5.10 Å². The van der Waals surface area contributed by atoms with Crippen molar-refractivity contribution in [3.8, 4) is 0 Å². The van der Waals surface area contributed by atoms with Crippen LogP contribution in [-0.2, 0) is 24.8 Å². The Morgan fingerprint density at radius 2 is 2.18 bits per heavy atom. The second kappa shape index (κ2) is 8.37. The Morgan fingerprint density at radius 1 is 1.25 bits per heavy atom. The average Bonchev–Trinajstić information content (AvgIpc) is 3.36. The summed E-state index contributed by atoms with van der Waals surface area (Å²) in [4.78, 5) is 23.8. The van der Waals surface area contributed by atoms with Gasteiger partial charge < -0.3 is 9.47 Å². The van der Waals surface area contributed by atoms with Gasteiger partial charge >= 0.3 is 0 Å². The van der Waals surface area contributed by atoms with Crippen molar-refractivity contribution >= 4 is 5.91 Å². The third-order valence-corrected chi connectivity index (χ3v) is 5.33. The van der Waals surface area contributed by atoms with Crippen LogP contribution in [0.1, 0.15) is 42.3 Å². The second-order valence-electron chi connectivity index (χ2n) is 7.44. The number of hydrogen-bond acceptors (Lipinski definition) is 4. The molecule has 1 fully saturated rings. The Morgan fingerprint density at radius 3 is 2.96 bits per heavy atom. The van der Waals surface area contributed by atoms with Crippen LogP contribution >= 0.6 is 0 Å². The van der Waals surface area contributed by atoms with E-state index in [2.05, 4.69) is 19.6 Å². The maximum Gasteiger partial charge on any atom is 0.222 e. The number of piperidine rings is 1. The van der Waals surface area contributed by atoms with Crippen molar-refractivity contribution in [2.24, 2.45) is 7.05 Å². The minimum atomic E-state index is 0.219. The molecule has 0 aromatic carbocycles. The van der Waals surface area contributed by atoms with Crippen LogP contribution in [0, 0.1) is 0 Å². The molecule has 0 unspecified atom stereocenters. The van der Waals surface area contributed by atoms with E-state index in [1.54, 1.807) is 4.68 Å². The lowest BCUT2D eigenvalue weighted by molar-refractivity contribution is -0.132. The van der Waals surface area contributed by atoms with Crippen LogP contribution in [0.4, 0.5) is 0 Å². The number of rotatable bonds is 6. The summed E-state index contributed by atoms with van der Waals surface area (Å²) in [5.41, 5.74) is 2.12. The largest absolute Gasteiger partial charge is 0.342 e. The number of nitrogens with zero attached hydrogens (tertiary/aromatic N) is 6. The Balaban J connectivity index is 1.38. The predicted octanol–water partition coefficient (Wildman–Crippen LogP) is 2.40. The van der Waals surface area contributed by atoms with E-state index < -0.39 is 0 Å². The smallest absolute Gasteiger partial charge is 0.222 e. The van der Waals surface area contributed by atoms with Crippen molar-refractivity contribution in [3.63, 3.8) is 0 Å². The Labute approximate surface area is 165 Å². The molecule has 0 saturated carbocycles. The van der Waals surface area contributed by atoms with Gasteiger partial charge in [-0.05, 0) is 37.0 Å². The molecule has 0 N–H and O–H groups in total. The lowest BCUT2D eigenvalue weighted by atomic mass is 9.96. The van der Waals surface area contributed by atoms with E-state index in [4.69, 9.17) is 0 Å². The van der Waals surface area contributed by atoms with Gasteiger partial charge in [0.2, 0.25) is 5.91 Å². The summed E-state index contributed by atoms with van der Waals surface area (Å²) < 4.78 is 3.94. The fraction of sp³-hybridized carbons (Fsp3) is 0.429. The van der Waals surface area contributed by atoms with E-state index in [0.29, 0.717) is 13.0 Å². The molecule has 3 aromatic heterocycles. The first kappa shape index (κ1) is 18.4. The highest BCUT2D eigenvalue weighted by Gasteiger charge is 2.27. The summed E-state index contributed by atoms with van der Waals surface area (Å²) in [7, 11) is 1.90. The normalized spacial score (nSPS) is 17.0. The second-order valence-corrected chi connectivity index (χ2v) is 7.44. The zero-order chi connectivity index (χ0) is 19.3. The van der Waals surface area contributed by atoms with Crippen molar-refractivity contribution in [1.29, 1.82) is 0 Å². The minimum absolute atomic E-state index is 0.219. The average molecular weight is 378 g/mol. The topological polar surface area (TPSA) is 68.8 Å². The van der Waals surface area contributed by atoms with E-state index in [9.17, 15) is 4.79 Å². The highest BCUT2D eigenvalue weighted by molar-refractivity contribution is 5.76. The molecule has 0 spiro atoms. The predicted molar refractivity (Wildman–Crippen MR) is 106 cm³/mol. The first-order chi connectivity index (χ1) is 13.7. The molecule has 1 aliphatic heterocycles. The molecular weight excluding hydrogens is 352 g/mol. The number of carbonyl (C=O) groups excluding carboxylic acids is 1. The van der Waals surface area contributed by atoms with E-state index in [1.807, 2.05) is 61.1 Å². The van der Waals surface area contributed by atoms with E-state index in [-0.39, 0.29) is 11.8 Å². The summed E-state index contributed by atoms with van der Waals surface area (Å²) in [6.07, 6.45) is 12.8. The van der Waals surface area contributed by atoms with Crippen molar-refractivity contribution in [2.75, 3.05) is 13.1 Å². The van der Waals surface area contributed by atoms with Gasteiger partial charge in [-0.3, -0.25) is 14.5 Å². The minimum Gasteiger partial charge on any atom is -0.342 e. The van der Waals surface area contributed by atoms with Gasteiger partial charge in [0.15, 0.2) is 0 Å². The van der Waals surface area contributed by atoms with Crippen molar-refractivity contribution in [2.45, 2.75) is 38.1 Å². The summed E-state index contributed by atoms with van der Waals surface area (Å²) in [6, 6.07) is 5.95. The van der Waals surface area contributed by atoms with Crippen LogP contribution < -0.4 is 0 Å². The molecule has 0 radical (unpaired) electrons. The third kappa shape index (κ3) is 4.30. The van der Waals surface area contributed by atoms with Gasteiger partial charge in [0.1, 0.15) is 5.82 Å². The molecule has 4 heterocycles. The lowest BCUT2D eigenvalue weighted by Crippen LogP contribution is -2.39. The fourth-order valence-corrected chi connectivity index (χ4v) is 3.91. The molecule has 0 bridgehead atoms. The monoisotopic (exact) mass is 378 g/mol. The highest BCUT2D eigenvalue weighted by atomic mass is 16.2. The third-order valence-electron chi connectivity index (χ3n) is 5.33. The molecule has 0 aliphatic carbocycles. The number of hydrogen-bond donors (Lipinski definition) is 0. The lowest BCUT2D eigenvalue weighted by Gasteiger charge is -2.32. The summed E-state index contributed by atoms with van der Waals surface area (Å²) in [5.74, 6) is 1.54. The van der Waals surface area contributed by atoms with Gasteiger partial charge in [-0.1, -0.05) is 6.07 Å². The Bertz CT molecular complexity index is 916. The summed E-state index contributed by atoms with van der Waals surface area (Å²) in [6.45, 7) is 2.29. The molecule has 7 nitrogen and oxygen atoms in total. The fourth-order valence-electron chi connectivity index (χ4n) is 3.91. The standard InChI is InChI=1S/C21H26N6O/c1-25-14-17(13-24-25)7-8-20(28)26-11-4-5-18(15-26)21-23-10-12-27(21)16-19-6-2-3-9-22-19/h2-3,6,9-10,12-14,18H,4-5,7-8,11,15-16H2,1H3/t18-/m0/s1. The molecule has 7 heteroatoms. The molecule has 1 amide bonds. The number of carbonyl (C=O) groups is 1. The first-order valence-corrected chi connectivity index (χ1v) is 9.85. The van der Waals surface area contributed by atoms with Gasteiger partial charge in [-0.25, -0.2) is 4.98 Å². The van der Waals surface area contributed by atoms with Crippen LogP contribution in [0.25, 0.3) is 0 Å². The Hall–Kier alpha value is -2.96. The number of likely N-dealkylation sites (tertiary alicyclic amines) is 1. The van der Waals surface area contributed by atoms with Gasteiger partial charge in [0, 0.05) is 57.3 Å². The van der Waals surface area contributed by atoms with Crippen LogP contribution in [-0.4, -0.2) is 48.2 Å². The molecule has 1 aliphatic rings. The van der Waals surface area contributed by atoms with Gasteiger partial charge in [0.25, 0.3) is 0 Å². The molecule has 1 atom stereocenters. The van der Waals surface area contributed by atoms with Crippen LogP contribution in [0.2, 0.25) is 0 Å². The van der Waals surface area contributed by atoms with Gasteiger partial charge in [0.05, 0.1) is 18.4 Å². The molecule has 28 heavy (non-hydrogen) atoms. The van der Waals surface area contributed by atoms with E-state index in [0.717, 1.165) is 49.4 Å². The molecule has 1 saturated heterocycles. The van der Waals surface area contributed by atoms with Crippen LogP contribution in [0.5, 0.6) is 0 Å².